The van der Waals surface area contributed by atoms with Crippen LogP contribution in [0.25, 0.3) is 6.08 Å². The van der Waals surface area contributed by atoms with Gasteiger partial charge < -0.3 is 10.1 Å². The van der Waals surface area contributed by atoms with Gasteiger partial charge >= 0.3 is 0 Å². The Morgan fingerprint density at radius 2 is 1.92 bits per heavy atom. The van der Waals surface area contributed by atoms with E-state index in [0.29, 0.717) is 22.9 Å². The molecular weight excluding hydrogens is 312 g/mol. The van der Waals surface area contributed by atoms with Crippen LogP contribution in [-0.4, -0.2) is 13.0 Å². The highest BCUT2D eigenvalue weighted by molar-refractivity contribution is 6.09. The molecule has 0 spiro atoms. The molecular formula is C21H22N2O2. The van der Waals surface area contributed by atoms with Crippen LogP contribution in [0.5, 0.6) is 5.75 Å². The van der Waals surface area contributed by atoms with E-state index in [0.717, 1.165) is 6.42 Å². The number of anilines is 1. The molecule has 0 aliphatic heterocycles. The highest BCUT2D eigenvalue weighted by Gasteiger charge is 2.11. The van der Waals surface area contributed by atoms with E-state index in [-0.39, 0.29) is 5.57 Å². The van der Waals surface area contributed by atoms with Gasteiger partial charge in [-0.3, -0.25) is 4.79 Å². The molecule has 128 valence electrons. The van der Waals surface area contributed by atoms with Gasteiger partial charge in [-0.25, -0.2) is 0 Å². The van der Waals surface area contributed by atoms with Crippen molar-refractivity contribution in [3.8, 4) is 11.8 Å². The van der Waals surface area contributed by atoms with Crippen LogP contribution in [0.15, 0.2) is 54.1 Å². The Bertz CT molecular complexity index is 801. The monoisotopic (exact) mass is 334 g/mol. The standard InChI is InChI=1S/C21H22N2O2/c1-4-15(2)16-9-11-19(12-10-16)23-21(24)18(14-22)13-17-7-5-6-8-20(17)25-3/h5-13,15H,4H2,1-3H3,(H,23,24)/b18-13+/t15-/m0/s1. The van der Waals surface area contributed by atoms with Crippen molar-refractivity contribution in [3.63, 3.8) is 0 Å². The summed E-state index contributed by atoms with van der Waals surface area (Å²) in [4.78, 5) is 12.4. The minimum Gasteiger partial charge on any atom is -0.496 e. The van der Waals surface area contributed by atoms with Crippen molar-refractivity contribution in [1.29, 1.82) is 5.26 Å². The molecule has 1 atom stereocenters. The van der Waals surface area contributed by atoms with E-state index in [1.165, 1.54) is 11.6 Å². The SMILES string of the molecule is CC[C@H](C)c1ccc(NC(=O)/C(C#N)=C/c2ccccc2OC)cc1. The van der Waals surface area contributed by atoms with Gasteiger partial charge in [-0.2, -0.15) is 5.26 Å². The number of amides is 1. The van der Waals surface area contributed by atoms with Crippen LogP contribution in [0.3, 0.4) is 0 Å². The fourth-order valence-electron chi connectivity index (χ4n) is 2.42. The lowest BCUT2D eigenvalue weighted by atomic mass is 9.98. The fourth-order valence-corrected chi connectivity index (χ4v) is 2.42. The second-order valence-electron chi connectivity index (χ2n) is 5.80. The van der Waals surface area contributed by atoms with Gasteiger partial charge in [0, 0.05) is 11.3 Å². The summed E-state index contributed by atoms with van der Waals surface area (Å²) in [5.74, 6) is 0.649. The molecule has 2 aromatic carbocycles. The maximum Gasteiger partial charge on any atom is 0.266 e. The summed E-state index contributed by atoms with van der Waals surface area (Å²) in [5, 5.41) is 12.1. The van der Waals surface area contributed by atoms with Gasteiger partial charge in [0.2, 0.25) is 0 Å². The molecule has 0 aliphatic rings. The molecule has 0 bridgehead atoms. The molecule has 0 saturated heterocycles. The third-order valence-corrected chi connectivity index (χ3v) is 4.15. The molecule has 4 heteroatoms. The van der Waals surface area contributed by atoms with Gasteiger partial charge in [0.1, 0.15) is 17.4 Å². The number of para-hydroxylation sites is 1. The molecule has 0 radical (unpaired) electrons. The summed E-state index contributed by atoms with van der Waals surface area (Å²) in [6, 6.07) is 16.9. The number of nitrogens with one attached hydrogen (secondary N) is 1. The van der Waals surface area contributed by atoms with Crippen molar-refractivity contribution in [1.82, 2.24) is 0 Å². The molecule has 2 aromatic rings. The molecule has 0 saturated carbocycles. The summed E-state index contributed by atoms with van der Waals surface area (Å²) in [7, 11) is 1.55. The van der Waals surface area contributed by atoms with Crippen LogP contribution in [-0.2, 0) is 4.79 Å². The van der Waals surface area contributed by atoms with Gasteiger partial charge in [-0.05, 0) is 42.2 Å². The van der Waals surface area contributed by atoms with Crippen LogP contribution >= 0.6 is 0 Å². The summed E-state index contributed by atoms with van der Waals surface area (Å²) in [5.41, 5.74) is 2.60. The quantitative estimate of drug-likeness (QED) is 0.612. The molecule has 0 fully saturated rings. The maximum absolute atomic E-state index is 12.4. The number of hydrogen-bond acceptors (Lipinski definition) is 3. The Kier molecular flexibility index (Phi) is 6.36. The average molecular weight is 334 g/mol. The number of rotatable bonds is 6. The van der Waals surface area contributed by atoms with Crippen LogP contribution < -0.4 is 10.1 Å². The summed E-state index contributed by atoms with van der Waals surface area (Å²) >= 11 is 0. The number of carbonyl (C=O) groups is 1. The van der Waals surface area contributed by atoms with Gasteiger partial charge in [0.25, 0.3) is 5.91 Å². The molecule has 2 rings (SSSR count). The normalized spacial score (nSPS) is 12.2. The second-order valence-corrected chi connectivity index (χ2v) is 5.80. The summed E-state index contributed by atoms with van der Waals surface area (Å²) in [6.07, 6.45) is 2.59. The Morgan fingerprint density at radius 3 is 2.52 bits per heavy atom. The van der Waals surface area contributed by atoms with Crippen molar-refractivity contribution >= 4 is 17.7 Å². The second kappa shape index (κ2) is 8.70. The smallest absolute Gasteiger partial charge is 0.266 e. The Labute approximate surface area is 148 Å². The third kappa shape index (κ3) is 4.71. The first-order valence-corrected chi connectivity index (χ1v) is 8.25. The van der Waals surface area contributed by atoms with Crippen LogP contribution in [0, 0.1) is 11.3 Å². The molecule has 25 heavy (non-hydrogen) atoms. The maximum atomic E-state index is 12.4. The highest BCUT2D eigenvalue weighted by atomic mass is 16.5. The first-order valence-electron chi connectivity index (χ1n) is 8.25. The predicted octanol–water partition coefficient (Wildman–Crippen LogP) is 4.75. The summed E-state index contributed by atoms with van der Waals surface area (Å²) in [6.45, 7) is 4.31. The Balaban J connectivity index is 2.18. The number of carbonyl (C=O) groups excluding carboxylic acids is 1. The van der Waals surface area contributed by atoms with E-state index >= 15 is 0 Å². The molecule has 0 aliphatic carbocycles. The number of nitriles is 1. The van der Waals surface area contributed by atoms with Crippen molar-refractivity contribution in [3.05, 3.63) is 65.2 Å². The minimum atomic E-state index is -0.440. The number of nitrogens with zero attached hydrogens (tertiary/aromatic N) is 1. The average Bonchev–Trinajstić information content (AvgIpc) is 2.66. The zero-order valence-electron chi connectivity index (χ0n) is 14.7. The van der Waals surface area contributed by atoms with Crippen molar-refractivity contribution in [2.75, 3.05) is 12.4 Å². The molecule has 1 N–H and O–H groups in total. The molecule has 4 nitrogen and oxygen atoms in total. The van der Waals surface area contributed by atoms with E-state index < -0.39 is 5.91 Å². The lowest BCUT2D eigenvalue weighted by Crippen LogP contribution is -2.13. The zero-order chi connectivity index (χ0) is 18.2. The van der Waals surface area contributed by atoms with E-state index in [4.69, 9.17) is 4.74 Å². The third-order valence-electron chi connectivity index (χ3n) is 4.15. The molecule has 0 unspecified atom stereocenters. The molecule has 0 aromatic heterocycles. The van der Waals surface area contributed by atoms with Gasteiger partial charge in [0.15, 0.2) is 0 Å². The van der Waals surface area contributed by atoms with Crippen LogP contribution in [0.2, 0.25) is 0 Å². The van der Waals surface area contributed by atoms with Crippen LogP contribution in [0.4, 0.5) is 5.69 Å². The minimum absolute atomic E-state index is 0.0236. The molecule has 0 heterocycles. The zero-order valence-corrected chi connectivity index (χ0v) is 14.7. The van der Waals surface area contributed by atoms with Crippen molar-refractivity contribution < 1.29 is 9.53 Å². The largest absolute Gasteiger partial charge is 0.496 e. The van der Waals surface area contributed by atoms with E-state index in [1.807, 2.05) is 42.5 Å². The van der Waals surface area contributed by atoms with E-state index in [2.05, 4.69) is 19.2 Å². The number of ether oxygens (including phenoxy) is 1. The van der Waals surface area contributed by atoms with E-state index in [9.17, 15) is 10.1 Å². The first kappa shape index (κ1) is 18.3. The van der Waals surface area contributed by atoms with Gasteiger partial charge in [-0.1, -0.05) is 44.2 Å². The summed E-state index contributed by atoms with van der Waals surface area (Å²) < 4.78 is 5.25. The number of hydrogen-bond donors (Lipinski definition) is 1. The number of benzene rings is 2. The topological polar surface area (TPSA) is 62.1 Å². The fraction of sp³-hybridized carbons (Fsp3) is 0.238. The van der Waals surface area contributed by atoms with Crippen LogP contribution in [0.1, 0.15) is 37.3 Å². The number of methoxy groups -OCH3 is 1. The first-order chi connectivity index (χ1) is 12.1. The van der Waals surface area contributed by atoms with Crippen molar-refractivity contribution in [2.45, 2.75) is 26.2 Å². The van der Waals surface area contributed by atoms with Gasteiger partial charge in [-0.15, -0.1) is 0 Å². The van der Waals surface area contributed by atoms with Gasteiger partial charge in [0.05, 0.1) is 7.11 Å². The van der Waals surface area contributed by atoms with Crippen molar-refractivity contribution in [2.24, 2.45) is 0 Å². The lowest BCUT2D eigenvalue weighted by molar-refractivity contribution is -0.112. The predicted molar refractivity (Wildman–Crippen MR) is 100 cm³/mol. The highest BCUT2D eigenvalue weighted by Crippen LogP contribution is 2.22. The Hall–Kier alpha value is -3.06. The van der Waals surface area contributed by atoms with E-state index in [1.54, 1.807) is 19.2 Å². The Morgan fingerprint density at radius 1 is 1.24 bits per heavy atom. The lowest BCUT2D eigenvalue weighted by Gasteiger charge is -2.10. The molecule has 1 amide bonds.